The van der Waals surface area contributed by atoms with Crippen LogP contribution < -0.4 is 10.1 Å². The van der Waals surface area contributed by atoms with Gasteiger partial charge in [-0.3, -0.25) is 0 Å². The molecule has 4 nitrogen and oxygen atoms in total. The third kappa shape index (κ3) is 3.58. The van der Waals surface area contributed by atoms with E-state index in [2.05, 4.69) is 36.3 Å². The molecule has 0 aliphatic heterocycles. The van der Waals surface area contributed by atoms with Crippen molar-refractivity contribution < 1.29 is 4.74 Å². The van der Waals surface area contributed by atoms with Crippen molar-refractivity contribution in [1.29, 1.82) is 0 Å². The van der Waals surface area contributed by atoms with Crippen molar-refractivity contribution in [2.75, 3.05) is 13.7 Å². The van der Waals surface area contributed by atoms with Gasteiger partial charge in [-0.1, -0.05) is 12.1 Å². The smallest absolute Gasteiger partial charge is 0.122 e. The predicted octanol–water partition coefficient (Wildman–Crippen LogP) is 2.55. The topological polar surface area (TPSA) is 39.1 Å². The molecule has 19 heavy (non-hydrogen) atoms. The Bertz CT molecular complexity index is 508. The minimum absolute atomic E-state index is 0.360. The van der Waals surface area contributed by atoms with Crippen molar-refractivity contribution >= 4 is 0 Å². The van der Waals surface area contributed by atoms with Gasteiger partial charge in [-0.2, -0.15) is 0 Å². The van der Waals surface area contributed by atoms with Crippen molar-refractivity contribution in [1.82, 2.24) is 14.9 Å². The van der Waals surface area contributed by atoms with Crippen LogP contribution in [0.5, 0.6) is 5.75 Å². The van der Waals surface area contributed by atoms with Crippen molar-refractivity contribution in [2.24, 2.45) is 0 Å². The lowest BCUT2D eigenvalue weighted by molar-refractivity contribution is 0.296. The normalized spacial score (nSPS) is 12.4. The molecule has 1 aromatic carbocycles. The molecule has 1 atom stereocenters. The number of aromatic nitrogens is 2. The number of aryl methyl sites for hydroxylation is 1. The van der Waals surface area contributed by atoms with Crippen molar-refractivity contribution in [3.63, 3.8) is 0 Å². The van der Waals surface area contributed by atoms with E-state index in [1.807, 2.05) is 23.9 Å². The fourth-order valence-electron chi connectivity index (χ4n) is 1.95. The third-order valence-electron chi connectivity index (χ3n) is 3.30. The number of hydrogen-bond donors (Lipinski definition) is 1. The Balaban J connectivity index is 1.93. The summed E-state index contributed by atoms with van der Waals surface area (Å²) in [6, 6.07) is 6.69. The van der Waals surface area contributed by atoms with E-state index in [1.165, 1.54) is 11.1 Å². The van der Waals surface area contributed by atoms with E-state index in [4.69, 9.17) is 4.74 Å². The van der Waals surface area contributed by atoms with E-state index >= 15 is 0 Å². The van der Waals surface area contributed by atoms with Gasteiger partial charge in [-0.15, -0.1) is 0 Å². The van der Waals surface area contributed by atoms with Crippen LogP contribution in [0.25, 0.3) is 0 Å². The first-order chi connectivity index (χ1) is 9.20. The molecule has 102 valence electrons. The van der Waals surface area contributed by atoms with Crippen LogP contribution >= 0.6 is 0 Å². The summed E-state index contributed by atoms with van der Waals surface area (Å²) in [6.07, 6.45) is 5.51. The second-order valence-corrected chi connectivity index (χ2v) is 4.68. The molecular formula is C15H21N3O. The van der Waals surface area contributed by atoms with Gasteiger partial charge in [-0.25, -0.2) is 4.98 Å². The summed E-state index contributed by atoms with van der Waals surface area (Å²) >= 11 is 0. The summed E-state index contributed by atoms with van der Waals surface area (Å²) in [6.45, 7) is 5.69. The zero-order chi connectivity index (χ0) is 13.7. The Morgan fingerprint density at radius 1 is 1.42 bits per heavy atom. The average Bonchev–Trinajstić information content (AvgIpc) is 2.93. The molecule has 0 radical (unpaired) electrons. The number of nitrogens with zero attached hydrogens (tertiary/aromatic N) is 2. The zero-order valence-electron chi connectivity index (χ0n) is 11.8. The van der Waals surface area contributed by atoms with Crippen LogP contribution in [0.2, 0.25) is 0 Å². The number of nitrogens with one attached hydrogen (secondary N) is 1. The van der Waals surface area contributed by atoms with Gasteiger partial charge in [0, 0.05) is 18.4 Å². The zero-order valence-corrected chi connectivity index (χ0v) is 11.8. The minimum atomic E-state index is 0.360. The standard InChI is InChI=1S/C15H21N3O/c1-12-10-14(13(2)16-3)4-5-15(12)19-9-8-18-7-6-17-11-18/h4-7,10-11,13,16H,8-9H2,1-3H3. The summed E-state index contributed by atoms with van der Waals surface area (Å²) in [4.78, 5) is 4.01. The SMILES string of the molecule is CNC(C)c1ccc(OCCn2ccnc2)c(C)c1. The van der Waals surface area contributed by atoms with Gasteiger partial charge in [0.15, 0.2) is 0 Å². The number of hydrogen-bond acceptors (Lipinski definition) is 3. The van der Waals surface area contributed by atoms with Crippen LogP contribution in [0.1, 0.15) is 24.1 Å². The van der Waals surface area contributed by atoms with E-state index in [-0.39, 0.29) is 0 Å². The summed E-state index contributed by atoms with van der Waals surface area (Å²) in [5.74, 6) is 0.951. The van der Waals surface area contributed by atoms with Crippen molar-refractivity contribution in [3.8, 4) is 5.75 Å². The minimum Gasteiger partial charge on any atom is -0.491 e. The molecule has 1 N–H and O–H groups in total. The van der Waals surface area contributed by atoms with Crippen molar-refractivity contribution in [2.45, 2.75) is 26.4 Å². The summed E-state index contributed by atoms with van der Waals surface area (Å²) in [5, 5.41) is 3.24. The average molecular weight is 259 g/mol. The fraction of sp³-hybridized carbons (Fsp3) is 0.400. The lowest BCUT2D eigenvalue weighted by Gasteiger charge is -2.14. The van der Waals surface area contributed by atoms with Crippen LogP contribution in [-0.4, -0.2) is 23.2 Å². The summed E-state index contributed by atoms with van der Waals surface area (Å²) < 4.78 is 7.82. The molecule has 0 aliphatic rings. The molecule has 2 rings (SSSR count). The molecule has 0 aliphatic carbocycles. The van der Waals surface area contributed by atoms with E-state index in [1.54, 1.807) is 12.5 Å². The molecule has 0 bridgehead atoms. The first-order valence-corrected chi connectivity index (χ1v) is 6.57. The highest BCUT2D eigenvalue weighted by Crippen LogP contribution is 2.22. The first kappa shape index (κ1) is 13.6. The molecule has 1 unspecified atom stereocenters. The Morgan fingerprint density at radius 2 is 2.26 bits per heavy atom. The monoisotopic (exact) mass is 259 g/mol. The Hall–Kier alpha value is -1.81. The highest BCUT2D eigenvalue weighted by molar-refractivity contribution is 5.37. The Kier molecular flexibility index (Phi) is 4.58. The number of rotatable bonds is 6. The second-order valence-electron chi connectivity index (χ2n) is 4.68. The molecule has 0 saturated heterocycles. The highest BCUT2D eigenvalue weighted by atomic mass is 16.5. The molecule has 0 saturated carbocycles. The van der Waals surface area contributed by atoms with Gasteiger partial charge in [0.1, 0.15) is 12.4 Å². The molecule has 0 spiro atoms. The third-order valence-corrected chi connectivity index (χ3v) is 3.30. The molecule has 1 heterocycles. The van der Waals surface area contributed by atoms with Gasteiger partial charge in [0.2, 0.25) is 0 Å². The van der Waals surface area contributed by atoms with E-state index in [0.717, 1.165) is 12.3 Å². The summed E-state index contributed by atoms with van der Waals surface area (Å²) in [7, 11) is 1.97. The van der Waals surface area contributed by atoms with Crippen LogP contribution in [0.4, 0.5) is 0 Å². The maximum Gasteiger partial charge on any atom is 0.122 e. The lowest BCUT2D eigenvalue weighted by Crippen LogP contribution is -2.12. The molecular weight excluding hydrogens is 238 g/mol. The van der Waals surface area contributed by atoms with E-state index < -0.39 is 0 Å². The van der Waals surface area contributed by atoms with E-state index in [0.29, 0.717) is 12.6 Å². The van der Waals surface area contributed by atoms with Crippen LogP contribution in [0.3, 0.4) is 0 Å². The molecule has 2 aromatic rings. The highest BCUT2D eigenvalue weighted by Gasteiger charge is 2.06. The predicted molar refractivity (Wildman–Crippen MR) is 76.4 cm³/mol. The number of imidazole rings is 1. The molecule has 0 amide bonds. The molecule has 0 fully saturated rings. The van der Waals surface area contributed by atoms with Gasteiger partial charge in [0.25, 0.3) is 0 Å². The van der Waals surface area contributed by atoms with Crippen LogP contribution in [0, 0.1) is 6.92 Å². The largest absolute Gasteiger partial charge is 0.491 e. The molecule has 1 aromatic heterocycles. The van der Waals surface area contributed by atoms with Gasteiger partial charge in [-0.05, 0) is 38.1 Å². The second kappa shape index (κ2) is 6.38. The summed E-state index contributed by atoms with van der Waals surface area (Å²) in [5.41, 5.74) is 2.45. The van der Waals surface area contributed by atoms with Gasteiger partial charge >= 0.3 is 0 Å². The quantitative estimate of drug-likeness (QED) is 0.866. The molecule has 4 heteroatoms. The first-order valence-electron chi connectivity index (χ1n) is 6.57. The van der Waals surface area contributed by atoms with Crippen LogP contribution in [0.15, 0.2) is 36.9 Å². The van der Waals surface area contributed by atoms with E-state index in [9.17, 15) is 0 Å². The fourth-order valence-corrected chi connectivity index (χ4v) is 1.95. The van der Waals surface area contributed by atoms with Crippen molar-refractivity contribution in [3.05, 3.63) is 48.0 Å². The maximum atomic E-state index is 5.81. The Morgan fingerprint density at radius 3 is 2.89 bits per heavy atom. The van der Waals surface area contributed by atoms with Gasteiger partial charge in [0.05, 0.1) is 12.9 Å². The number of ether oxygens (including phenoxy) is 1. The van der Waals surface area contributed by atoms with Crippen LogP contribution in [-0.2, 0) is 6.54 Å². The van der Waals surface area contributed by atoms with Gasteiger partial charge < -0.3 is 14.6 Å². The number of benzene rings is 1. The Labute approximate surface area is 114 Å². The lowest BCUT2D eigenvalue weighted by atomic mass is 10.1. The maximum absolute atomic E-state index is 5.81.